The summed E-state index contributed by atoms with van der Waals surface area (Å²) in [6.45, 7) is 3.81. The number of nitrogens with zero attached hydrogens (tertiary/aromatic N) is 1. The molecule has 0 aliphatic carbocycles. The Hall–Kier alpha value is -1.78. The zero-order valence-corrected chi connectivity index (χ0v) is 13.2. The second kappa shape index (κ2) is 6.78. The van der Waals surface area contributed by atoms with Crippen LogP contribution in [0.5, 0.6) is 0 Å². The second-order valence-corrected chi connectivity index (χ2v) is 5.75. The third-order valence-electron chi connectivity index (χ3n) is 2.57. The van der Waals surface area contributed by atoms with Crippen LogP contribution in [0.25, 0.3) is 0 Å². The van der Waals surface area contributed by atoms with Crippen LogP contribution in [-0.4, -0.2) is 16.9 Å². The van der Waals surface area contributed by atoms with Crippen molar-refractivity contribution < 1.29 is 4.79 Å². The molecule has 1 amide bonds. The fourth-order valence-electron chi connectivity index (χ4n) is 1.77. The largest absolute Gasteiger partial charge is 0.354 e. The highest BCUT2D eigenvalue weighted by molar-refractivity contribution is 6.35. The van der Waals surface area contributed by atoms with Crippen molar-refractivity contribution in [2.45, 2.75) is 19.9 Å². The number of pyridine rings is 1. The van der Waals surface area contributed by atoms with Crippen LogP contribution in [0.3, 0.4) is 0 Å². The lowest BCUT2D eigenvalue weighted by atomic mass is 10.2. The number of carbonyl (C=O) groups excluding carboxylic acids is 1. The van der Waals surface area contributed by atoms with Crippen molar-refractivity contribution in [3.8, 4) is 0 Å². The highest BCUT2D eigenvalue weighted by Crippen LogP contribution is 2.25. The molecule has 2 aromatic rings. The van der Waals surface area contributed by atoms with E-state index in [2.05, 4.69) is 15.6 Å². The van der Waals surface area contributed by atoms with Gasteiger partial charge in [-0.2, -0.15) is 0 Å². The highest BCUT2D eigenvalue weighted by Gasteiger charge is 2.08. The van der Waals surface area contributed by atoms with Gasteiger partial charge >= 0.3 is 0 Å². The molecule has 0 radical (unpaired) electrons. The van der Waals surface area contributed by atoms with Crippen LogP contribution < -0.4 is 10.6 Å². The normalized spacial score (nSPS) is 10.5. The smallest absolute Gasteiger partial charge is 0.253 e. The predicted molar refractivity (Wildman–Crippen MR) is 86.6 cm³/mol. The van der Waals surface area contributed by atoms with Gasteiger partial charge in [-0.05, 0) is 38.1 Å². The molecule has 0 fully saturated rings. The van der Waals surface area contributed by atoms with E-state index in [1.165, 1.54) is 6.20 Å². The number of aromatic nitrogens is 1. The van der Waals surface area contributed by atoms with Gasteiger partial charge in [0.15, 0.2) is 0 Å². The van der Waals surface area contributed by atoms with E-state index in [-0.39, 0.29) is 11.9 Å². The van der Waals surface area contributed by atoms with Crippen molar-refractivity contribution >= 4 is 40.5 Å². The van der Waals surface area contributed by atoms with Crippen LogP contribution >= 0.6 is 23.2 Å². The Morgan fingerprint density at radius 3 is 2.33 bits per heavy atom. The molecule has 0 unspecified atom stereocenters. The molecule has 1 heterocycles. The Morgan fingerprint density at radius 1 is 1.05 bits per heavy atom. The first-order chi connectivity index (χ1) is 9.94. The maximum absolute atomic E-state index is 11.9. The quantitative estimate of drug-likeness (QED) is 0.883. The maximum atomic E-state index is 11.9. The Morgan fingerprint density at radius 2 is 1.71 bits per heavy atom. The minimum Gasteiger partial charge on any atom is -0.354 e. The van der Waals surface area contributed by atoms with Gasteiger partial charge in [0.05, 0.1) is 17.4 Å². The molecule has 0 aliphatic heterocycles. The first-order valence-electron chi connectivity index (χ1n) is 6.43. The number of rotatable bonds is 4. The summed E-state index contributed by atoms with van der Waals surface area (Å²) < 4.78 is 0. The van der Waals surface area contributed by atoms with Gasteiger partial charge in [-0.25, -0.2) is 0 Å². The minimum atomic E-state index is -0.162. The topological polar surface area (TPSA) is 54.0 Å². The van der Waals surface area contributed by atoms with Gasteiger partial charge in [0.2, 0.25) is 0 Å². The summed E-state index contributed by atoms with van der Waals surface area (Å²) >= 11 is 11.9. The SMILES string of the molecule is CC(C)NC(=O)c1cncc(Nc2cc(Cl)cc(Cl)c2)c1. The van der Waals surface area contributed by atoms with Crippen LogP contribution in [-0.2, 0) is 0 Å². The summed E-state index contributed by atoms with van der Waals surface area (Å²) in [5, 5.41) is 7.01. The third kappa shape index (κ3) is 4.62. The van der Waals surface area contributed by atoms with Gasteiger partial charge in [0.1, 0.15) is 0 Å². The number of benzene rings is 1. The van der Waals surface area contributed by atoms with Crippen molar-refractivity contribution in [3.05, 3.63) is 52.3 Å². The summed E-state index contributed by atoms with van der Waals surface area (Å²) in [5.74, 6) is -0.162. The van der Waals surface area contributed by atoms with Crippen molar-refractivity contribution in [1.29, 1.82) is 0 Å². The molecule has 110 valence electrons. The molecule has 0 saturated carbocycles. The van der Waals surface area contributed by atoms with E-state index in [4.69, 9.17) is 23.2 Å². The van der Waals surface area contributed by atoms with E-state index in [9.17, 15) is 4.79 Å². The van der Waals surface area contributed by atoms with Gasteiger partial charge < -0.3 is 10.6 Å². The monoisotopic (exact) mass is 323 g/mol. The zero-order chi connectivity index (χ0) is 15.4. The average molecular weight is 324 g/mol. The van der Waals surface area contributed by atoms with Gasteiger partial charge in [-0.1, -0.05) is 23.2 Å². The van der Waals surface area contributed by atoms with Crippen LogP contribution in [0.15, 0.2) is 36.7 Å². The standard InChI is InChI=1S/C15H15Cl2N3O/c1-9(2)19-15(21)10-3-14(8-18-7-10)20-13-5-11(16)4-12(17)6-13/h3-9,20H,1-2H3,(H,19,21). The van der Waals surface area contributed by atoms with E-state index in [1.54, 1.807) is 30.5 Å². The summed E-state index contributed by atoms with van der Waals surface area (Å²) in [5.41, 5.74) is 1.90. The van der Waals surface area contributed by atoms with Gasteiger partial charge in [0, 0.05) is 28.0 Å². The third-order valence-corrected chi connectivity index (χ3v) is 3.01. The summed E-state index contributed by atoms with van der Waals surface area (Å²) in [6.07, 6.45) is 3.15. The molecule has 0 saturated heterocycles. The summed E-state index contributed by atoms with van der Waals surface area (Å²) in [4.78, 5) is 16.0. The van der Waals surface area contributed by atoms with Crippen molar-refractivity contribution in [2.24, 2.45) is 0 Å². The lowest BCUT2D eigenvalue weighted by molar-refractivity contribution is 0.0943. The second-order valence-electron chi connectivity index (χ2n) is 4.87. The molecule has 0 spiro atoms. The summed E-state index contributed by atoms with van der Waals surface area (Å²) in [7, 11) is 0. The fourth-order valence-corrected chi connectivity index (χ4v) is 2.30. The van der Waals surface area contributed by atoms with Crippen molar-refractivity contribution in [3.63, 3.8) is 0 Å². The molecule has 0 aliphatic rings. The lowest BCUT2D eigenvalue weighted by Crippen LogP contribution is -2.30. The number of carbonyl (C=O) groups is 1. The molecule has 1 aromatic heterocycles. The zero-order valence-electron chi connectivity index (χ0n) is 11.7. The van der Waals surface area contributed by atoms with Crippen LogP contribution in [0, 0.1) is 0 Å². The number of hydrogen-bond donors (Lipinski definition) is 2. The van der Waals surface area contributed by atoms with Gasteiger partial charge in [-0.15, -0.1) is 0 Å². The number of nitrogens with one attached hydrogen (secondary N) is 2. The van der Waals surface area contributed by atoms with Crippen LogP contribution in [0.4, 0.5) is 11.4 Å². The molecule has 1 aromatic carbocycles. The molecule has 4 nitrogen and oxygen atoms in total. The number of amides is 1. The van der Waals surface area contributed by atoms with E-state index in [0.717, 1.165) is 5.69 Å². The lowest BCUT2D eigenvalue weighted by Gasteiger charge is -2.10. The number of anilines is 2. The Labute approximate surface area is 133 Å². The van der Waals surface area contributed by atoms with E-state index in [0.29, 0.717) is 21.3 Å². The average Bonchev–Trinajstić information content (AvgIpc) is 2.37. The predicted octanol–water partition coefficient (Wildman–Crippen LogP) is 4.27. The van der Waals surface area contributed by atoms with Crippen LogP contribution in [0.2, 0.25) is 10.0 Å². The first kappa shape index (κ1) is 15.6. The van der Waals surface area contributed by atoms with Crippen LogP contribution in [0.1, 0.15) is 24.2 Å². The first-order valence-corrected chi connectivity index (χ1v) is 7.18. The van der Waals surface area contributed by atoms with E-state index < -0.39 is 0 Å². The van der Waals surface area contributed by atoms with E-state index in [1.807, 2.05) is 13.8 Å². The van der Waals surface area contributed by atoms with Gasteiger partial charge in [0.25, 0.3) is 5.91 Å². The van der Waals surface area contributed by atoms with Crippen molar-refractivity contribution in [1.82, 2.24) is 10.3 Å². The highest BCUT2D eigenvalue weighted by atomic mass is 35.5. The molecule has 0 bridgehead atoms. The molecular weight excluding hydrogens is 309 g/mol. The molecular formula is C15H15Cl2N3O. The molecule has 0 atom stereocenters. The minimum absolute atomic E-state index is 0.0702. The Bertz CT molecular complexity index is 639. The van der Waals surface area contributed by atoms with Gasteiger partial charge in [-0.3, -0.25) is 9.78 Å². The molecule has 2 rings (SSSR count). The fraction of sp³-hybridized carbons (Fsp3) is 0.200. The number of halogens is 2. The summed E-state index contributed by atoms with van der Waals surface area (Å²) in [6, 6.07) is 6.93. The van der Waals surface area contributed by atoms with Crippen molar-refractivity contribution in [2.75, 3.05) is 5.32 Å². The number of hydrogen-bond acceptors (Lipinski definition) is 3. The molecule has 2 N–H and O–H groups in total. The Balaban J connectivity index is 2.19. The maximum Gasteiger partial charge on any atom is 0.253 e. The Kier molecular flexibility index (Phi) is 5.04. The molecule has 21 heavy (non-hydrogen) atoms. The molecule has 6 heteroatoms. The van der Waals surface area contributed by atoms with E-state index >= 15 is 0 Å².